The zero-order chi connectivity index (χ0) is 14.9. The van der Waals surface area contributed by atoms with E-state index in [9.17, 15) is 9.59 Å². The third kappa shape index (κ3) is 3.64. The van der Waals surface area contributed by atoms with Crippen LogP contribution in [0.25, 0.3) is 0 Å². The average molecular weight is 283 g/mol. The summed E-state index contributed by atoms with van der Waals surface area (Å²) in [6.45, 7) is 7.17. The van der Waals surface area contributed by atoms with Crippen molar-refractivity contribution < 1.29 is 19.1 Å². The highest BCUT2D eigenvalue weighted by molar-refractivity contribution is 5.70. The van der Waals surface area contributed by atoms with Gasteiger partial charge >= 0.3 is 12.1 Å². The number of hydrogen-bond acceptors (Lipinski definition) is 4. The molecule has 0 spiro atoms. The van der Waals surface area contributed by atoms with Gasteiger partial charge in [-0.2, -0.15) is 0 Å². The summed E-state index contributed by atoms with van der Waals surface area (Å²) in [7, 11) is 1.43. The summed E-state index contributed by atoms with van der Waals surface area (Å²) in [6.07, 6.45) is 2.32. The number of carbonyl (C=O) groups is 2. The first-order valence-corrected chi connectivity index (χ1v) is 7.33. The smallest absolute Gasteiger partial charge is 0.410 e. The molecule has 0 aromatic carbocycles. The van der Waals surface area contributed by atoms with E-state index in [1.807, 2.05) is 25.7 Å². The molecule has 0 bridgehead atoms. The van der Waals surface area contributed by atoms with Gasteiger partial charge < -0.3 is 14.4 Å². The summed E-state index contributed by atoms with van der Waals surface area (Å²) in [6, 6.07) is 0. The van der Waals surface area contributed by atoms with E-state index in [2.05, 4.69) is 0 Å². The number of ether oxygens (including phenoxy) is 2. The Balaban J connectivity index is 1.82. The van der Waals surface area contributed by atoms with Crippen molar-refractivity contribution in [2.24, 2.45) is 17.8 Å². The maximum absolute atomic E-state index is 12.0. The topological polar surface area (TPSA) is 55.8 Å². The van der Waals surface area contributed by atoms with Crippen LogP contribution in [0.1, 0.15) is 40.0 Å². The van der Waals surface area contributed by atoms with Gasteiger partial charge in [-0.25, -0.2) is 4.79 Å². The van der Waals surface area contributed by atoms with Crippen LogP contribution in [0.2, 0.25) is 0 Å². The van der Waals surface area contributed by atoms with Gasteiger partial charge in [0, 0.05) is 19.5 Å². The Kier molecular flexibility index (Phi) is 4.25. The number of likely N-dealkylation sites (tertiary alicyclic amines) is 1. The summed E-state index contributed by atoms with van der Waals surface area (Å²) >= 11 is 0. The second-order valence-corrected chi connectivity index (χ2v) is 7.02. The van der Waals surface area contributed by atoms with Crippen molar-refractivity contribution in [1.29, 1.82) is 0 Å². The Morgan fingerprint density at radius 1 is 1.15 bits per heavy atom. The monoisotopic (exact) mass is 283 g/mol. The van der Waals surface area contributed by atoms with Gasteiger partial charge in [0.25, 0.3) is 0 Å². The zero-order valence-corrected chi connectivity index (χ0v) is 12.8. The Bertz CT molecular complexity index is 374. The lowest BCUT2D eigenvalue weighted by Gasteiger charge is -2.25. The van der Waals surface area contributed by atoms with Crippen molar-refractivity contribution in [3.05, 3.63) is 0 Å². The van der Waals surface area contributed by atoms with Crippen molar-refractivity contribution >= 4 is 12.1 Å². The molecule has 0 N–H and O–H groups in total. The maximum Gasteiger partial charge on any atom is 0.410 e. The molecule has 1 aliphatic carbocycles. The van der Waals surface area contributed by atoms with E-state index in [1.54, 1.807) is 0 Å². The fourth-order valence-corrected chi connectivity index (χ4v) is 3.39. The molecule has 3 atom stereocenters. The lowest BCUT2D eigenvalue weighted by molar-refractivity contribution is -0.141. The number of rotatable bonds is 2. The first kappa shape index (κ1) is 15.1. The number of methoxy groups -OCH3 is 1. The highest BCUT2D eigenvalue weighted by Gasteiger charge is 2.43. The molecular formula is C15H25NO4. The Labute approximate surface area is 120 Å². The SMILES string of the molecule is COC(=O)CC1CC2CN(C(=O)OC(C)(C)C)C[C@@H]2C1. The van der Waals surface area contributed by atoms with Crippen LogP contribution in [0.5, 0.6) is 0 Å². The van der Waals surface area contributed by atoms with Crippen LogP contribution in [0, 0.1) is 17.8 Å². The van der Waals surface area contributed by atoms with Gasteiger partial charge in [0.2, 0.25) is 0 Å². The molecule has 2 rings (SSSR count). The molecule has 2 unspecified atom stereocenters. The molecule has 20 heavy (non-hydrogen) atoms. The molecule has 1 heterocycles. The molecule has 0 aromatic heterocycles. The largest absolute Gasteiger partial charge is 0.469 e. The molecule has 1 saturated carbocycles. The van der Waals surface area contributed by atoms with Crippen molar-refractivity contribution in [1.82, 2.24) is 4.90 Å². The highest BCUT2D eigenvalue weighted by Crippen LogP contribution is 2.43. The minimum atomic E-state index is -0.442. The van der Waals surface area contributed by atoms with Crippen molar-refractivity contribution in [2.75, 3.05) is 20.2 Å². The lowest BCUT2D eigenvalue weighted by atomic mass is 10.0. The van der Waals surface area contributed by atoms with E-state index in [0.29, 0.717) is 24.2 Å². The number of esters is 1. The van der Waals surface area contributed by atoms with Crippen LogP contribution in [0.15, 0.2) is 0 Å². The molecule has 2 fully saturated rings. The first-order valence-electron chi connectivity index (χ1n) is 7.33. The van der Waals surface area contributed by atoms with Gasteiger partial charge in [0.1, 0.15) is 5.60 Å². The Hall–Kier alpha value is -1.26. The number of amides is 1. The van der Waals surface area contributed by atoms with E-state index < -0.39 is 5.60 Å². The molecule has 1 saturated heterocycles. The van der Waals surface area contributed by atoms with Crippen LogP contribution in [0.4, 0.5) is 4.79 Å². The van der Waals surface area contributed by atoms with Crippen LogP contribution in [-0.2, 0) is 14.3 Å². The van der Waals surface area contributed by atoms with E-state index in [0.717, 1.165) is 25.9 Å². The fraction of sp³-hybridized carbons (Fsp3) is 0.867. The molecule has 0 radical (unpaired) electrons. The quantitative estimate of drug-likeness (QED) is 0.730. The third-order valence-electron chi connectivity index (χ3n) is 4.18. The summed E-state index contributed by atoms with van der Waals surface area (Å²) in [4.78, 5) is 25.2. The van der Waals surface area contributed by atoms with Crippen LogP contribution in [0.3, 0.4) is 0 Å². The zero-order valence-electron chi connectivity index (χ0n) is 12.8. The molecule has 2 aliphatic rings. The second-order valence-electron chi connectivity index (χ2n) is 7.02. The van der Waals surface area contributed by atoms with Crippen molar-refractivity contribution in [3.8, 4) is 0 Å². The fourth-order valence-electron chi connectivity index (χ4n) is 3.39. The van der Waals surface area contributed by atoms with Gasteiger partial charge in [-0.1, -0.05) is 0 Å². The Morgan fingerprint density at radius 3 is 2.15 bits per heavy atom. The normalized spacial score (nSPS) is 29.2. The minimum Gasteiger partial charge on any atom is -0.469 e. The predicted molar refractivity (Wildman–Crippen MR) is 74.1 cm³/mol. The molecule has 1 aliphatic heterocycles. The first-order chi connectivity index (χ1) is 9.28. The predicted octanol–water partition coefficient (Wildman–Crippen LogP) is 2.44. The molecule has 114 valence electrons. The molecule has 0 aromatic rings. The minimum absolute atomic E-state index is 0.126. The van der Waals surface area contributed by atoms with Gasteiger partial charge in [0.05, 0.1) is 7.11 Å². The van der Waals surface area contributed by atoms with Crippen LogP contribution in [-0.4, -0.2) is 42.8 Å². The summed E-state index contributed by atoms with van der Waals surface area (Å²) < 4.78 is 10.1. The highest BCUT2D eigenvalue weighted by atomic mass is 16.6. The van der Waals surface area contributed by atoms with Gasteiger partial charge in [-0.15, -0.1) is 0 Å². The third-order valence-corrected chi connectivity index (χ3v) is 4.18. The van der Waals surface area contributed by atoms with E-state index in [-0.39, 0.29) is 12.1 Å². The van der Waals surface area contributed by atoms with Crippen molar-refractivity contribution in [2.45, 2.75) is 45.6 Å². The van der Waals surface area contributed by atoms with Crippen molar-refractivity contribution in [3.63, 3.8) is 0 Å². The number of carbonyl (C=O) groups excluding carboxylic acids is 2. The van der Waals surface area contributed by atoms with E-state index in [1.165, 1.54) is 7.11 Å². The average Bonchev–Trinajstić information content (AvgIpc) is 2.84. The molecule has 5 nitrogen and oxygen atoms in total. The maximum atomic E-state index is 12.0. The van der Waals surface area contributed by atoms with Gasteiger partial charge in [-0.05, 0) is 51.4 Å². The van der Waals surface area contributed by atoms with Crippen LogP contribution >= 0.6 is 0 Å². The molecule has 5 heteroatoms. The van der Waals surface area contributed by atoms with Gasteiger partial charge in [0.15, 0.2) is 0 Å². The van der Waals surface area contributed by atoms with E-state index >= 15 is 0 Å². The van der Waals surface area contributed by atoms with Crippen LogP contribution < -0.4 is 0 Å². The molecular weight excluding hydrogens is 258 g/mol. The van der Waals surface area contributed by atoms with E-state index in [4.69, 9.17) is 9.47 Å². The standard InChI is InChI=1S/C15H25NO4/c1-15(2,3)20-14(18)16-8-11-5-10(6-12(11)9-16)7-13(17)19-4/h10-12H,5-9H2,1-4H3/t10?,11-,12?/m0/s1. The number of nitrogens with zero attached hydrogens (tertiary/aromatic N) is 1. The summed E-state index contributed by atoms with van der Waals surface area (Å²) in [5, 5.41) is 0. The van der Waals surface area contributed by atoms with Gasteiger partial charge in [-0.3, -0.25) is 4.79 Å². The number of fused-ring (bicyclic) bond motifs is 1. The summed E-state index contributed by atoms with van der Waals surface area (Å²) in [5.41, 5.74) is -0.442. The number of hydrogen-bond donors (Lipinski definition) is 0. The summed E-state index contributed by atoms with van der Waals surface area (Å²) in [5.74, 6) is 1.31. The molecule has 1 amide bonds. The lowest BCUT2D eigenvalue weighted by Crippen LogP contribution is -2.36. The Morgan fingerprint density at radius 2 is 1.70 bits per heavy atom. The second kappa shape index (κ2) is 5.62.